The summed E-state index contributed by atoms with van der Waals surface area (Å²) >= 11 is 0. The van der Waals surface area contributed by atoms with E-state index in [4.69, 9.17) is 5.73 Å². The number of piperazine rings is 1. The van der Waals surface area contributed by atoms with Crippen LogP contribution >= 0.6 is 12.4 Å². The molecule has 25 heavy (non-hydrogen) atoms. The molecule has 1 aliphatic heterocycles. The molecule has 0 saturated carbocycles. The van der Waals surface area contributed by atoms with Crippen molar-refractivity contribution in [3.8, 4) is 0 Å². The van der Waals surface area contributed by atoms with Crippen LogP contribution in [0, 0.1) is 6.92 Å². The molecule has 0 aliphatic carbocycles. The summed E-state index contributed by atoms with van der Waals surface area (Å²) < 4.78 is 0. The number of benzene rings is 2. The third-order valence-electron chi connectivity index (χ3n) is 4.56. The highest BCUT2D eigenvalue weighted by atomic mass is 35.5. The molecule has 0 bridgehead atoms. The number of nitrogen functional groups attached to an aromatic ring is 1. The third kappa shape index (κ3) is 5.48. The maximum absolute atomic E-state index is 12.5. The highest BCUT2D eigenvalue weighted by Gasteiger charge is 2.21. The molecule has 1 fully saturated rings. The van der Waals surface area contributed by atoms with Gasteiger partial charge in [0.2, 0.25) is 5.91 Å². The normalized spacial score (nSPS) is 14.8. The summed E-state index contributed by atoms with van der Waals surface area (Å²) in [6.45, 7) is 6.37. The van der Waals surface area contributed by atoms with Gasteiger partial charge in [0, 0.05) is 38.4 Å². The Morgan fingerprint density at radius 1 is 1.00 bits per heavy atom. The van der Waals surface area contributed by atoms with E-state index in [1.54, 1.807) is 0 Å². The Hall–Kier alpha value is -2.04. The van der Waals surface area contributed by atoms with Crippen molar-refractivity contribution in [2.24, 2.45) is 0 Å². The van der Waals surface area contributed by atoms with E-state index >= 15 is 0 Å². The summed E-state index contributed by atoms with van der Waals surface area (Å²) in [6, 6.07) is 16.2. The molecule has 0 aromatic heterocycles. The minimum absolute atomic E-state index is 0. The van der Waals surface area contributed by atoms with E-state index < -0.39 is 0 Å². The number of anilines is 1. The van der Waals surface area contributed by atoms with Crippen LogP contribution in [0.2, 0.25) is 0 Å². The van der Waals surface area contributed by atoms with E-state index in [9.17, 15) is 4.79 Å². The molecule has 4 nitrogen and oxygen atoms in total. The van der Waals surface area contributed by atoms with Crippen molar-refractivity contribution >= 4 is 24.0 Å². The zero-order valence-electron chi connectivity index (χ0n) is 14.6. The van der Waals surface area contributed by atoms with Crippen LogP contribution in [0.3, 0.4) is 0 Å². The lowest BCUT2D eigenvalue weighted by atomic mass is 10.1. The standard InChI is InChI=1S/C20H25N3O.ClH/c1-16-5-7-17(8-6-16)14-20(24)23-11-9-22(10-12-23)15-18-3-2-4-19(21)13-18;/h2-8,13H,9-12,14-15,21H2,1H3;1H. The summed E-state index contributed by atoms with van der Waals surface area (Å²) in [7, 11) is 0. The first kappa shape index (κ1) is 19.3. The van der Waals surface area contributed by atoms with Gasteiger partial charge in [0.25, 0.3) is 0 Å². The Bertz CT molecular complexity index is 694. The van der Waals surface area contributed by atoms with Gasteiger partial charge in [0.1, 0.15) is 0 Å². The van der Waals surface area contributed by atoms with Gasteiger partial charge in [-0.1, -0.05) is 42.0 Å². The predicted molar refractivity (Wildman–Crippen MR) is 105 cm³/mol. The summed E-state index contributed by atoms with van der Waals surface area (Å²) in [6.07, 6.45) is 0.496. The zero-order valence-corrected chi connectivity index (χ0v) is 15.5. The van der Waals surface area contributed by atoms with Crippen LogP contribution in [0.15, 0.2) is 48.5 Å². The molecule has 1 heterocycles. The Kier molecular flexibility index (Phi) is 6.85. The molecule has 2 aromatic rings. The summed E-state index contributed by atoms with van der Waals surface area (Å²) in [4.78, 5) is 16.8. The number of aryl methyl sites for hydroxylation is 1. The number of amides is 1. The second kappa shape index (κ2) is 8.88. The second-order valence-electron chi connectivity index (χ2n) is 6.56. The minimum Gasteiger partial charge on any atom is -0.399 e. The maximum Gasteiger partial charge on any atom is 0.227 e. The number of nitrogens with two attached hydrogens (primary N) is 1. The van der Waals surface area contributed by atoms with Gasteiger partial charge in [-0.25, -0.2) is 0 Å². The summed E-state index contributed by atoms with van der Waals surface area (Å²) in [5.74, 6) is 0.224. The van der Waals surface area contributed by atoms with Gasteiger partial charge >= 0.3 is 0 Å². The first-order chi connectivity index (χ1) is 11.6. The number of halogens is 1. The molecule has 134 valence electrons. The molecule has 5 heteroatoms. The lowest BCUT2D eigenvalue weighted by molar-refractivity contribution is -0.132. The van der Waals surface area contributed by atoms with E-state index in [-0.39, 0.29) is 18.3 Å². The van der Waals surface area contributed by atoms with Crippen molar-refractivity contribution in [2.75, 3.05) is 31.9 Å². The van der Waals surface area contributed by atoms with Gasteiger partial charge < -0.3 is 10.6 Å². The van der Waals surface area contributed by atoms with E-state index in [1.807, 2.05) is 35.2 Å². The number of rotatable bonds is 4. The van der Waals surface area contributed by atoms with Gasteiger partial charge in [0.15, 0.2) is 0 Å². The second-order valence-corrected chi connectivity index (χ2v) is 6.56. The number of hydrogen-bond donors (Lipinski definition) is 1. The van der Waals surface area contributed by atoms with Crippen LogP contribution in [-0.2, 0) is 17.8 Å². The molecule has 1 amide bonds. The summed E-state index contributed by atoms with van der Waals surface area (Å²) in [5.41, 5.74) is 10.2. The van der Waals surface area contributed by atoms with E-state index in [1.165, 1.54) is 11.1 Å². The van der Waals surface area contributed by atoms with Crippen molar-refractivity contribution in [1.29, 1.82) is 0 Å². The number of hydrogen-bond acceptors (Lipinski definition) is 3. The topological polar surface area (TPSA) is 49.6 Å². The van der Waals surface area contributed by atoms with Crippen LogP contribution in [0.5, 0.6) is 0 Å². The van der Waals surface area contributed by atoms with Gasteiger partial charge in [-0.2, -0.15) is 0 Å². The van der Waals surface area contributed by atoms with Crippen LogP contribution in [0.25, 0.3) is 0 Å². The zero-order chi connectivity index (χ0) is 16.9. The van der Waals surface area contributed by atoms with Crippen molar-refractivity contribution in [1.82, 2.24) is 9.80 Å². The van der Waals surface area contributed by atoms with Crippen molar-refractivity contribution < 1.29 is 4.79 Å². The fourth-order valence-corrected chi connectivity index (χ4v) is 3.10. The Morgan fingerprint density at radius 3 is 2.32 bits per heavy atom. The molecule has 0 unspecified atom stereocenters. The highest BCUT2D eigenvalue weighted by Crippen LogP contribution is 2.13. The van der Waals surface area contributed by atoms with Crippen LogP contribution < -0.4 is 5.73 Å². The van der Waals surface area contributed by atoms with Gasteiger partial charge in [-0.05, 0) is 30.2 Å². The molecule has 0 spiro atoms. The summed E-state index contributed by atoms with van der Waals surface area (Å²) in [5, 5.41) is 0. The number of carbonyl (C=O) groups is 1. The Balaban J connectivity index is 0.00000225. The smallest absolute Gasteiger partial charge is 0.227 e. The average molecular weight is 360 g/mol. The first-order valence-electron chi connectivity index (χ1n) is 8.50. The quantitative estimate of drug-likeness (QED) is 0.854. The van der Waals surface area contributed by atoms with Gasteiger partial charge in [0.05, 0.1) is 6.42 Å². The first-order valence-corrected chi connectivity index (χ1v) is 8.50. The van der Waals surface area contributed by atoms with Crippen LogP contribution in [-0.4, -0.2) is 41.9 Å². The predicted octanol–water partition coefficient (Wildman–Crippen LogP) is 2.89. The molecule has 1 saturated heterocycles. The molecular weight excluding hydrogens is 334 g/mol. The SMILES string of the molecule is Cc1ccc(CC(=O)N2CCN(Cc3cccc(N)c3)CC2)cc1.Cl. The lowest BCUT2D eigenvalue weighted by Gasteiger charge is -2.35. The molecule has 0 atom stereocenters. The van der Waals surface area contributed by atoms with Crippen molar-refractivity contribution in [3.63, 3.8) is 0 Å². The monoisotopic (exact) mass is 359 g/mol. The van der Waals surface area contributed by atoms with Crippen molar-refractivity contribution in [2.45, 2.75) is 19.9 Å². The molecule has 3 rings (SSSR count). The average Bonchev–Trinajstić information content (AvgIpc) is 2.57. The van der Waals surface area contributed by atoms with Crippen molar-refractivity contribution in [3.05, 3.63) is 65.2 Å². The molecule has 2 aromatic carbocycles. The Labute approximate surface area is 156 Å². The molecule has 1 aliphatic rings. The molecule has 2 N–H and O–H groups in total. The van der Waals surface area contributed by atoms with Crippen LogP contribution in [0.1, 0.15) is 16.7 Å². The molecule has 0 radical (unpaired) electrons. The van der Waals surface area contributed by atoms with Gasteiger partial charge in [-0.15, -0.1) is 12.4 Å². The molecular formula is C20H26ClN3O. The Morgan fingerprint density at radius 2 is 1.68 bits per heavy atom. The maximum atomic E-state index is 12.5. The fraction of sp³-hybridized carbons (Fsp3) is 0.350. The lowest BCUT2D eigenvalue weighted by Crippen LogP contribution is -2.48. The number of nitrogens with zero attached hydrogens (tertiary/aromatic N) is 2. The van der Waals surface area contributed by atoms with E-state index in [0.717, 1.165) is 44.0 Å². The largest absolute Gasteiger partial charge is 0.399 e. The fourth-order valence-electron chi connectivity index (χ4n) is 3.10. The van der Waals surface area contributed by atoms with Crippen LogP contribution in [0.4, 0.5) is 5.69 Å². The van der Waals surface area contributed by atoms with E-state index in [2.05, 4.69) is 30.0 Å². The minimum atomic E-state index is 0. The number of carbonyl (C=O) groups excluding carboxylic acids is 1. The highest BCUT2D eigenvalue weighted by molar-refractivity contribution is 5.85. The van der Waals surface area contributed by atoms with E-state index in [0.29, 0.717) is 6.42 Å². The third-order valence-corrected chi connectivity index (χ3v) is 4.56. The van der Waals surface area contributed by atoms with Gasteiger partial charge in [-0.3, -0.25) is 9.69 Å².